The molecule has 0 spiro atoms. The minimum absolute atomic E-state index is 0.159. The van der Waals surface area contributed by atoms with Gasteiger partial charge in [-0.15, -0.1) is 11.6 Å². The van der Waals surface area contributed by atoms with Gasteiger partial charge in [0.1, 0.15) is 5.38 Å². The summed E-state index contributed by atoms with van der Waals surface area (Å²) in [7, 11) is 0. The summed E-state index contributed by atoms with van der Waals surface area (Å²) in [5.41, 5.74) is 3.28. The number of carbonyl (C=O) groups is 1. The summed E-state index contributed by atoms with van der Waals surface area (Å²) in [6.45, 7) is 5.98. The number of nitrogens with one attached hydrogen (secondary N) is 1. The molecule has 1 aromatic carbocycles. The number of benzene rings is 1. The molecule has 4 heteroatoms. The Morgan fingerprint density at radius 1 is 1.39 bits per heavy atom. The molecule has 1 aliphatic heterocycles. The Hall–Kier alpha value is -1.22. The molecule has 0 aliphatic carbocycles. The first-order valence-corrected chi connectivity index (χ1v) is 6.82. The van der Waals surface area contributed by atoms with Crippen LogP contribution in [0, 0.1) is 6.92 Å². The van der Waals surface area contributed by atoms with Gasteiger partial charge in [-0.25, -0.2) is 0 Å². The van der Waals surface area contributed by atoms with Crippen molar-refractivity contribution < 1.29 is 4.79 Å². The Labute approximate surface area is 113 Å². The summed E-state index contributed by atoms with van der Waals surface area (Å²) >= 11 is 5.75. The van der Waals surface area contributed by atoms with E-state index in [0.717, 1.165) is 18.8 Å². The molecular formula is C14H19ClN2O. The SMILES string of the molecule is Cc1ccc(NC(=O)C(C)Cl)cc1N1CCCC1. The Balaban J connectivity index is 2.18. The van der Waals surface area contributed by atoms with Gasteiger partial charge in [-0.2, -0.15) is 0 Å². The van der Waals surface area contributed by atoms with E-state index < -0.39 is 5.38 Å². The maximum Gasteiger partial charge on any atom is 0.242 e. The van der Waals surface area contributed by atoms with Gasteiger partial charge in [-0.1, -0.05) is 6.07 Å². The molecule has 1 atom stereocenters. The molecule has 18 heavy (non-hydrogen) atoms. The first kappa shape index (κ1) is 13.2. The van der Waals surface area contributed by atoms with Crippen molar-refractivity contribution in [3.05, 3.63) is 23.8 Å². The summed E-state index contributed by atoms with van der Waals surface area (Å²) in [6.07, 6.45) is 2.49. The molecule has 2 rings (SSSR count). The average molecular weight is 267 g/mol. The monoisotopic (exact) mass is 266 g/mol. The smallest absolute Gasteiger partial charge is 0.242 e. The Morgan fingerprint density at radius 3 is 2.67 bits per heavy atom. The summed E-state index contributed by atoms with van der Waals surface area (Å²) < 4.78 is 0. The van der Waals surface area contributed by atoms with E-state index in [-0.39, 0.29) is 5.91 Å². The first-order chi connectivity index (χ1) is 8.58. The molecule has 3 nitrogen and oxygen atoms in total. The van der Waals surface area contributed by atoms with E-state index in [9.17, 15) is 4.79 Å². The van der Waals surface area contributed by atoms with Crippen LogP contribution in [0.2, 0.25) is 0 Å². The minimum atomic E-state index is -0.512. The van der Waals surface area contributed by atoms with E-state index in [0.29, 0.717) is 0 Å². The number of nitrogens with zero attached hydrogens (tertiary/aromatic N) is 1. The van der Waals surface area contributed by atoms with Crippen molar-refractivity contribution in [3.8, 4) is 0 Å². The number of rotatable bonds is 3. The maximum atomic E-state index is 11.6. The molecule has 1 unspecified atom stereocenters. The maximum absolute atomic E-state index is 11.6. The van der Waals surface area contributed by atoms with Gasteiger partial charge in [0.15, 0.2) is 0 Å². The number of amides is 1. The molecule has 1 heterocycles. The second-order valence-corrected chi connectivity index (χ2v) is 5.46. The molecular weight excluding hydrogens is 248 g/mol. The van der Waals surface area contributed by atoms with Crippen LogP contribution in [0.1, 0.15) is 25.3 Å². The van der Waals surface area contributed by atoms with Crippen LogP contribution in [0.3, 0.4) is 0 Å². The summed E-state index contributed by atoms with van der Waals surface area (Å²) in [6, 6.07) is 6.01. The highest BCUT2D eigenvalue weighted by molar-refractivity contribution is 6.32. The molecule has 0 saturated carbocycles. The van der Waals surface area contributed by atoms with E-state index in [1.54, 1.807) is 6.92 Å². The molecule has 1 aliphatic rings. The van der Waals surface area contributed by atoms with Gasteiger partial charge >= 0.3 is 0 Å². The van der Waals surface area contributed by atoms with Gasteiger partial charge in [0, 0.05) is 24.5 Å². The van der Waals surface area contributed by atoms with Gasteiger partial charge in [0.2, 0.25) is 5.91 Å². The lowest BCUT2D eigenvalue weighted by molar-refractivity contribution is -0.115. The molecule has 1 fully saturated rings. The summed E-state index contributed by atoms with van der Waals surface area (Å²) in [5.74, 6) is -0.159. The van der Waals surface area contributed by atoms with Crippen LogP contribution in [0.15, 0.2) is 18.2 Å². The van der Waals surface area contributed by atoms with Crippen molar-refractivity contribution in [2.45, 2.75) is 32.1 Å². The summed E-state index contributed by atoms with van der Waals surface area (Å²) in [4.78, 5) is 13.9. The molecule has 98 valence electrons. The number of alkyl halides is 1. The van der Waals surface area contributed by atoms with E-state index in [1.165, 1.54) is 24.1 Å². The quantitative estimate of drug-likeness (QED) is 0.853. The lowest BCUT2D eigenvalue weighted by atomic mass is 10.1. The summed E-state index contributed by atoms with van der Waals surface area (Å²) in [5, 5.41) is 2.32. The zero-order valence-corrected chi connectivity index (χ0v) is 11.6. The third-order valence-corrected chi connectivity index (χ3v) is 3.48. The van der Waals surface area contributed by atoms with Crippen molar-refractivity contribution >= 4 is 28.9 Å². The first-order valence-electron chi connectivity index (χ1n) is 6.38. The van der Waals surface area contributed by atoms with Crippen LogP contribution in [-0.4, -0.2) is 24.4 Å². The highest BCUT2D eigenvalue weighted by Gasteiger charge is 2.16. The normalized spacial score (nSPS) is 16.7. The molecule has 0 radical (unpaired) electrons. The molecule has 0 bridgehead atoms. The van der Waals surface area contributed by atoms with E-state index in [4.69, 9.17) is 11.6 Å². The number of hydrogen-bond donors (Lipinski definition) is 1. The third kappa shape index (κ3) is 2.96. The van der Waals surface area contributed by atoms with Crippen LogP contribution in [0.5, 0.6) is 0 Å². The average Bonchev–Trinajstić information content (AvgIpc) is 2.85. The van der Waals surface area contributed by atoms with E-state index in [1.807, 2.05) is 18.2 Å². The standard InChI is InChI=1S/C14H19ClN2O/c1-10-5-6-12(16-14(18)11(2)15)9-13(10)17-7-3-4-8-17/h5-6,9,11H,3-4,7-8H2,1-2H3,(H,16,18). The second kappa shape index (κ2) is 5.61. The predicted octanol–water partition coefficient (Wildman–Crippen LogP) is 3.16. The van der Waals surface area contributed by atoms with Crippen molar-refractivity contribution in [1.29, 1.82) is 0 Å². The van der Waals surface area contributed by atoms with E-state index in [2.05, 4.69) is 17.1 Å². The van der Waals surface area contributed by atoms with Crippen LogP contribution < -0.4 is 10.2 Å². The zero-order chi connectivity index (χ0) is 13.1. The lowest BCUT2D eigenvalue weighted by Crippen LogP contribution is -2.22. The largest absolute Gasteiger partial charge is 0.371 e. The minimum Gasteiger partial charge on any atom is -0.371 e. The number of halogens is 1. The lowest BCUT2D eigenvalue weighted by Gasteiger charge is -2.21. The van der Waals surface area contributed by atoms with Crippen molar-refractivity contribution in [3.63, 3.8) is 0 Å². The molecule has 1 aromatic rings. The van der Waals surface area contributed by atoms with Gasteiger partial charge in [-0.05, 0) is 44.4 Å². The molecule has 0 aromatic heterocycles. The Kier molecular flexibility index (Phi) is 4.12. The fourth-order valence-electron chi connectivity index (χ4n) is 2.23. The highest BCUT2D eigenvalue weighted by Crippen LogP contribution is 2.27. The highest BCUT2D eigenvalue weighted by atomic mass is 35.5. The van der Waals surface area contributed by atoms with Crippen LogP contribution in [-0.2, 0) is 4.79 Å². The fourth-order valence-corrected chi connectivity index (χ4v) is 2.28. The molecule has 1 N–H and O–H groups in total. The number of carbonyl (C=O) groups excluding carboxylic acids is 1. The van der Waals surface area contributed by atoms with Crippen LogP contribution in [0.4, 0.5) is 11.4 Å². The molecule has 1 amide bonds. The topological polar surface area (TPSA) is 32.3 Å². The van der Waals surface area contributed by atoms with Crippen molar-refractivity contribution in [2.24, 2.45) is 0 Å². The van der Waals surface area contributed by atoms with Gasteiger partial charge in [0.05, 0.1) is 0 Å². The van der Waals surface area contributed by atoms with Gasteiger partial charge in [-0.3, -0.25) is 4.79 Å². The zero-order valence-electron chi connectivity index (χ0n) is 10.9. The van der Waals surface area contributed by atoms with Crippen molar-refractivity contribution in [2.75, 3.05) is 23.3 Å². The van der Waals surface area contributed by atoms with Crippen LogP contribution in [0.25, 0.3) is 0 Å². The van der Waals surface area contributed by atoms with Crippen molar-refractivity contribution in [1.82, 2.24) is 0 Å². The van der Waals surface area contributed by atoms with Gasteiger partial charge < -0.3 is 10.2 Å². The van der Waals surface area contributed by atoms with Gasteiger partial charge in [0.25, 0.3) is 0 Å². The fraction of sp³-hybridized carbons (Fsp3) is 0.500. The third-order valence-electron chi connectivity index (χ3n) is 3.28. The van der Waals surface area contributed by atoms with Crippen LogP contribution >= 0.6 is 11.6 Å². The Morgan fingerprint density at radius 2 is 2.06 bits per heavy atom. The molecule has 1 saturated heterocycles. The number of aryl methyl sites for hydroxylation is 1. The number of anilines is 2. The van der Waals surface area contributed by atoms with E-state index >= 15 is 0 Å². The Bertz CT molecular complexity index is 439. The predicted molar refractivity (Wildman–Crippen MR) is 76.6 cm³/mol. The number of hydrogen-bond acceptors (Lipinski definition) is 2. The second-order valence-electron chi connectivity index (χ2n) is 4.80.